The second-order valence-corrected chi connectivity index (χ2v) is 8.13. The maximum atomic E-state index is 13.7. The van der Waals surface area contributed by atoms with Crippen LogP contribution in [0.25, 0.3) is 0 Å². The molecule has 1 aliphatic heterocycles. The molecule has 0 saturated carbocycles. The highest BCUT2D eigenvalue weighted by molar-refractivity contribution is 5.97. The summed E-state index contributed by atoms with van der Waals surface area (Å²) in [4.78, 5) is 28.2. The van der Waals surface area contributed by atoms with Gasteiger partial charge in [0.15, 0.2) is 0 Å². The number of ether oxygens (including phenoxy) is 2. The number of methoxy groups -OCH3 is 2. The van der Waals surface area contributed by atoms with Crippen molar-refractivity contribution in [3.8, 4) is 11.5 Å². The summed E-state index contributed by atoms with van der Waals surface area (Å²) in [6.07, 6.45) is 0.627. The first kappa shape index (κ1) is 23.3. The molecule has 34 heavy (non-hydrogen) atoms. The summed E-state index contributed by atoms with van der Waals surface area (Å²) >= 11 is 0. The highest BCUT2D eigenvalue weighted by Crippen LogP contribution is 2.40. The molecule has 0 spiro atoms. The largest absolute Gasteiger partial charge is 0.497 e. The number of hydrogen-bond acceptors (Lipinski definition) is 4. The van der Waals surface area contributed by atoms with E-state index >= 15 is 0 Å². The maximum Gasteiger partial charge on any atom is 0.227 e. The van der Waals surface area contributed by atoms with Gasteiger partial charge in [0.2, 0.25) is 11.8 Å². The summed E-state index contributed by atoms with van der Waals surface area (Å²) in [6, 6.07) is 20.0. The van der Waals surface area contributed by atoms with Crippen LogP contribution in [0.3, 0.4) is 0 Å². The first-order chi connectivity index (χ1) is 16.5. The second kappa shape index (κ2) is 10.4. The number of carbonyl (C=O) groups is 2. The van der Waals surface area contributed by atoms with Crippen LogP contribution >= 0.6 is 0 Å². The Morgan fingerprint density at radius 3 is 2.38 bits per heavy atom. The molecule has 4 rings (SSSR count). The molecule has 7 heteroatoms. The van der Waals surface area contributed by atoms with Crippen LogP contribution in [0.4, 0.5) is 10.1 Å². The number of halogens is 1. The van der Waals surface area contributed by atoms with Crippen molar-refractivity contribution in [1.82, 2.24) is 5.32 Å². The van der Waals surface area contributed by atoms with Gasteiger partial charge in [0.1, 0.15) is 17.3 Å². The van der Waals surface area contributed by atoms with Gasteiger partial charge in [-0.3, -0.25) is 9.59 Å². The number of anilines is 1. The van der Waals surface area contributed by atoms with Gasteiger partial charge in [-0.25, -0.2) is 4.39 Å². The van der Waals surface area contributed by atoms with Gasteiger partial charge >= 0.3 is 0 Å². The molecule has 2 amide bonds. The Morgan fingerprint density at radius 2 is 1.71 bits per heavy atom. The first-order valence-corrected chi connectivity index (χ1v) is 11.1. The monoisotopic (exact) mass is 462 g/mol. The number of nitrogens with one attached hydrogen (secondary N) is 1. The minimum atomic E-state index is -0.576. The van der Waals surface area contributed by atoms with Crippen LogP contribution < -0.4 is 19.7 Å². The van der Waals surface area contributed by atoms with Crippen LogP contribution in [-0.2, 0) is 16.1 Å². The number of rotatable bonds is 7. The lowest BCUT2D eigenvalue weighted by Gasteiger charge is -2.41. The molecule has 1 heterocycles. The van der Waals surface area contributed by atoms with Crippen LogP contribution in [0.15, 0.2) is 72.8 Å². The molecule has 3 aromatic rings. The van der Waals surface area contributed by atoms with E-state index in [1.165, 1.54) is 12.1 Å². The Bertz CT molecular complexity index is 1150. The number of benzene rings is 3. The van der Waals surface area contributed by atoms with E-state index in [4.69, 9.17) is 9.47 Å². The van der Waals surface area contributed by atoms with Gasteiger partial charge in [-0.05, 0) is 54.4 Å². The maximum absolute atomic E-state index is 13.7. The van der Waals surface area contributed by atoms with Gasteiger partial charge in [0, 0.05) is 24.2 Å². The fourth-order valence-corrected chi connectivity index (χ4v) is 4.42. The Balaban J connectivity index is 1.66. The summed E-state index contributed by atoms with van der Waals surface area (Å²) in [7, 11) is 3.16. The molecule has 0 aromatic heterocycles. The summed E-state index contributed by atoms with van der Waals surface area (Å²) < 4.78 is 24.3. The van der Waals surface area contributed by atoms with E-state index < -0.39 is 12.0 Å². The molecule has 6 nitrogen and oxygen atoms in total. The van der Waals surface area contributed by atoms with Gasteiger partial charge in [-0.1, -0.05) is 30.3 Å². The highest BCUT2D eigenvalue weighted by Gasteiger charge is 2.41. The molecule has 2 atom stereocenters. The molecule has 0 radical (unpaired) electrons. The van der Waals surface area contributed by atoms with E-state index in [0.29, 0.717) is 35.7 Å². The minimum Gasteiger partial charge on any atom is -0.497 e. The van der Waals surface area contributed by atoms with Crippen LogP contribution in [-0.4, -0.2) is 26.0 Å². The number of nitrogens with zero attached hydrogens (tertiary/aromatic N) is 1. The molecule has 1 aliphatic rings. The van der Waals surface area contributed by atoms with E-state index in [2.05, 4.69) is 5.32 Å². The molecule has 3 aromatic carbocycles. The molecular weight excluding hydrogens is 435 g/mol. The fraction of sp³-hybridized carbons (Fsp3) is 0.259. The van der Waals surface area contributed by atoms with Gasteiger partial charge in [0.05, 0.1) is 26.2 Å². The zero-order valence-electron chi connectivity index (χ0n) is 19.2. The molecular formula is C27H27FN2O4. The van der Waals surface area contributed by atoms with E-state index in [-0.39, 0.29) is 24.1 Å². The van der Waals surface area contributed by atoms with Gasteiger partial charge in [-0.2, -0.15) is 0 Å². The van der Waals surface area contributed by atoms with E-state index in [9.17, 15) is 14.0 Å². The SMILES string of the molecule is COc1ccc(N2C(=O)CC[C@@H](C(=O)NCc3ccccc3OC)[C@@H]2c2ccc(F)cc2)cc1. The quantitative estimate of drug-likeness (QED) is 0.555. The third-order valence-corrected chi connectivity index (χ3v) is 6.14. The smallest absolute Gasteiger partial charge is 0.227 e. The summed E-state index contributed by atoms with van der Waals surface area (Å²) in [5.41, 5.74) is 2.21. The molecule has 176 valence electrons. The molecule has 0 bridgehead atoms. The van der Waals surface area contributed by atoms with Crippen molar-refractivity contribution in [2.24, 2.45) is 5.92 Å². The first-order valence-electron chi connectivity index (χ1n) is 11.1. The minimum absolute atomic E-state index is 0.0896. The van der Waals surface area contributed by atoms with Gasteiger partial charge in [0.25, 0.3) is 0 Å². The second-order valence-electron chi connectivity index (χ2n) is 8.13. The number of para-hydroxylation sites is 1. The zero-order chi connectivity index (χ0) is 24.1. The number of carbonyl (C=O) groups excluding carboxylic acids is 2. The third-order valence-electron chi connectivity index (χ3n) is 6.14. The third kappa shape index (κ3) is 4.88. The van der Waals surface area contributed by atoms with Gasteiger partial charge < -0.3 is 19.7 Å². The van der Waals surface area contributed by atoms with Crippen LogP contribution in [0, 0.1) is 11.7 Å². The predicted molar refractivity (Wildman–Crippen MR) is 127 cm³/mol. The van der Waals surface area contributed by atoms with Crippen LogP contribution in [0.5, 0.6) is 11.5 Å². The van der Waals surface area contributed by atoms with Crippen molar-refractivity contribution in [1.29, 1.82) is 0 Å². The van der Waals surface area contributed by atoms with Crippen LogP contribution in [0.2, 0.25) is 0 Å². The summed E-state index contributed by atoms with van der Waals surface area (Å²) in [6.45, 7) is 0.298. The van der Waals surface area contributed by atoms with E-state index in [0.717, 1.165) is 5.56 Å². The predicted octanol–water partition coefficient (Wildman–Crippen LogP) is 4.64. The van der Waals surface area contributed by atoms with Gasteiger partial charge in [-0.15, -0.1) is 0 Å². The topological polar surface area (TPSA) is 67.9 Å². The van der Waals surface area contributed by atoms with Crippen molar-refractivity contribution in [2.75, 3.05) is 19.1 Å². The Labute approximate surface area is 198 Å². The van der Waals surface area contributed by atoms with Crippen molar-refractivity contribution >= 4 is 17.5 Å². The Kier molecular flexibility index (Phi) is 7.11. The van der Waals surface area contributed by atoms with E-state index in [1.54, 1.807) is 55.5 Å². The van der Waals surface area contributed by atoms with Crippen LogP contribution in [0.1, 0.15) is 30.0 Å². The highest BCUT2D eigenvalue weighted by atomic mass is 19.1. The number of amides is 2. The summed E-state index contributed by atoms with van der Waals surface area (Å²) in [5.74, 6) is 0.202. The molecule has 1 fully saturated rings. The average molecular weight is 463 g/mol. The molecule has 0 unspecified atom stereocenters. The number of hydrogen-bond donors (Lipinski definition) is 1. The lowest BCUT2D eigenvalue weighted by Crippen LogP contribution is -2.48. The Hall–Kier alpha value is -3.87. The Morgan fingerprint density at radius 1 is 1.00 bits per heavy atom. The molecule has 1 N–H and O–H groups in total. The zero-order valence-corrected chi connectivity index (χ0v) is 19.2. The standard InChI is InChI=1S/C27H27FN2O4/c1-33-22-13-11-21(12-14-22)30-25(31)16-15-23(26(30)18-7-9-20(28)10-8-18)27(32)29-17-19-5-3-4-6-24(19)34-2/h3-14,23,26H,15-17H2,1-2H3,(H,29,32)/t23-,26+/m1/s1. The molecule has 0 aliphatic carbocycles. The lowest BCUT2D eigenvalue weighted by molar-refractivity contribution is -0.129. The lowest BCUT2D eigenvalue weighted by atomic mass is 9.83. The normalized spacial score (nSPS) is 17.9. The fourth-order valence-electron chi connectivity index (χ4n) is 4.42. The van der Waals surface area contributed by atoms with Crippen molar-refractivity contribution in [2.45, 2.75) is 25.4 Å². The van der Waals surface area contributed by atoms with E-state index in [1.807, 2.05) is 24.3 Å². The number of piperidine rings is 1. The van der Waals surface area contributed by atoms with Crippen molar-refractivity contribution < 1.29 is 23.5 Å². The van der Waals surface area contributed by atoms with Crippen molar-refractivity contribution in [3.63, 3.8) is 0 Å². The summed E-state index contributed by atoms with van der Waals surface area (Å²) in [5, 5.41) is 3.01. The average Bonchev–Trinajstić information content (AvgIpc) is 2.88. The molecule has 1 saturated heterocycles. The van der Waals surface area contributed by atoms with Crippen molar-refractivity contribution in [3.05, 3.63) is 89.7 Å².